The second-order valence-electron chi connectivity index (χ2n) is 3.65. The van der Waals surface area contributed by atoms with E-state index in [2.05, 4.69) is 0 Å². The standard InChI is InChI=1S/C11H12NO5PS/c1-15-18(19,16-2)17-7-12-10(13)8-5-3-4-6-9(8)11(12)14/h3-6H,7H2,1-2H3. The Balaban J connectivity index is 2.15. The summed E-state index contributed by atoms with van der Waals surface area (Å²) >= 11 is 5.00. The third-order valence-electron chi connectivity index (χ3n) is 2.67. The molecule has 0 fully saturated rings. The van der Waals surface area contributed by atoms with Crippen LogP contribution in [0.4, 0.5) is 0 Å². The van der Waals surface area contributed by atoms with E-state index in [1.54, 1.807) is 24.3 Å². The number of amides is 2. The second kappa shape index (κ2) is 5.48. The topological polar surface area (TPSA) is 65.1 Å². The maximum Gasteiger partial charge on any atom is 0.328 e. The molecular formula is C11H12NO5PS. The quantitative estimate of drug-likeness (QED) is 0.610. The maximum atomic E-state index is 12.0. The van der Waals surface area contributed by atoms with Gasteiger partial charge in [-0.25, -0.2) is 4.90 Å². The summed E-state index contributed by atoms with van der Waals surface area (Å²) in [4.78, 5) is 25.0. The predicted molar refractivity (Wildman–Crippen MR) is 71.2 cm³/mol. The van der Waals surface area contributed by atoms with Crippen LogP contribution in [0.2, 0.25) is 0 Å². The SMILES string of the molecule is COP(=S)(OC)OCN1C(=O)c2ccccc2C1=O. The van der Waals surface area contributed by atoms with E-state index in [0.29, 0.717) is 11.1 Å². The van der Waals surface area contributed by atoms with E-state index >= 15 is 0 Å². The van der Waals surface area contributed by atoms with Crippen LogP contribution in [0.15, 0.2) is 24.3 Å². The summed E-state index contributed by atoms with van der Waals surface area (Å²) in [6.45, 7) is -3.18. The van der Waals surface area contributed by atoms with Crippen molar-refractivity contribution in [2.45, 2.75) is 0 Å². The molecule has 102 valence electrons. The zero-order chi connectivity index (χ0) is 14.0. The van der Waals surface area contributed by atoms with E-state index in [1.165, 1.54) is 14.2 Å². The van der Waals surface area contributed by atoms with Crippen molar-refractivity contribution >= 4 is 30.3 Å². The van der Waals surface area contributed by atoms with Crippen molar-refractivity contribution in [2.24, 2.45) is 0 Å². The van der Waals surface area contributed by atoms with Gasteiger partial charge in [0.1, 0.15) is 6.73 Å². The Bertz CT molecular complexity index is 533. The Morgan fingerprint density at radius 3 is 2.00 bits per heavy atom. The number of hydrogen-bond donors (Lipinski definition) is 0. The lowest BCUT2D eigenvalue weighted by atomic mass is 10.1. The molecule has 8 heteroatoms. The van der Waals surface area contributed by atoms with Crippen LogP contribution < -0.4 is 0 Å². The van der Waals surface area contributed by atoms with Crippen molar-refractivity contribution in [2.75, 3.05) is 21.0 Å². The Labute approximate surface area is 115 Å². The van der Waals surface area contributed by atoms with Crippen molar-refractivity contribution in [3.8, 4) is 0 Å². The highest BCUT2D eigenvalue weighted by Gasteiger charge is 2.36. The molecular weight excluding hydrogens is 289 g/mol. The Hall–Kier alpha value is -1.11. The van der Waals surface area contributed by atoms with Gasteiger partial charge in [-0.15, -0.1) is 0 Å². The van der Waals surface area contributed by atoms with Crippen LogP contribution in [0.1, 0.15) is 20.7 Å². The third-order valence-corrected chi connectivity index (χ3v) is 5.21. The number of imide groups is 1. The monoisotopic (exact) mass is 301 g/mol. The molecule has 0 atom stereocenters. The number of benzene rings is 1. The van der Waals surface area contributed by atoms with E-state index < -0.39 is 18.5 Å². The van der Waals surface area contributed by atoms with Gasteiger partial charge in [0.05, 0.1) is 11.1 Å². The molecule has 0 aliphatic carbocycles. The number of fused-ring (bicyclic) bond motifs is 1. The first-order chi connectivity index (χ1) is 9.02. The van der Waals surface area contributed by atoms with Gasteiger partial charge in [0.2, 0.25) is 0 Å². The summed E-state index contributed by atoms with van der Waals surface area (Å²) in [5.74, 6) is -0.816. The summed E-state index contributed by atoms with van der Waals surface area (Å²) in [6.07, 6.45) is 0. The van der Waals surface area contributed by atoms with Crippen molar-refractivity contribution in [3.63, 3.8) is 0 Å². The molecule has 2 rings (SSSR count). The maximum absolute atomic E-state index is 12.0. The number of hydrogen-bond acceptors (Lipinski definition) is 6. The lowest BCUT2D eigenvalue weighted by Crippen LogP contribution is -2.31. The zero-order valence-corrected chi connectivity index (χ0v) is 12.1. The molecule has 0 spiro atoms. The van der Waals surface area contributed by atoms with Gasteiger partial charge in [-0.3, -0.25) is 14.1 Å². The molecule has 2 amide bonds. The highest BCUT2D eigenvalue weighted by molar-refractivity contribution is 8.07. The van der Waals surface area contributed by atoms with Crippen molar-refractivity contribution in [1.29, 1.82) is 0 Å². The molecule has 0 bridgehead atoms. The van der Waals surface area contributed by atoms with Gasteiger partial charge in [0, 0.05) is 14.2 Å². The number of carbonyl (C=O) groups excluding carboxylic acids is 2. The first kappa shape index (κ1) is 14.3. The summed E-state index contributed by atoms with van der Waals surface area (Å²) in [7, 11) is 2.71. The average molecular weight is 301 g/mol. The molecule has 0 unspecified atom stereocenters. The van der Waals surface area contributed by atoms with E-state index in [9.17, 15) is 9.59 Å². The first-order valence-electron chi connectivity index (χ1n) is 5.33. The Morgan fingerprint density at radius 1 is 1.11 bits per heavy atom. The molecule has 1 aliphatic rings. The van der Waals surface area contributed by atoms with Crippen LogP contribution >= 0.6 is 6.72 Å². The molecule has 0 radical (unpaired) electrons. The van der Waals surface area contributed by atoms with Gasteiger partial charge in [-0.1, -0.05) is 12.1 Å². The molecule has 0 aromatic heterocycles. The van der Waals surface area contributed by atoms with E-state index in [0.717, 1.165) is 4.90 Å². The number of rotatable bonds is 5. The van der Waals surface area contributed by atoms with Crippen molar-refractivity contribution in [1.82, 2.24) is 4.90 Å². The number of nitrogens with zero attached hydrogens (tertiary/aromatic N) is 1. The van der Waals surface area contributed by atoms with Crippen LogP contribution in [-0.2, 0) is 25.4 Å². The zero-order valence-electron chi connectivity index (χ0n) is 10.4. The fraction of sp³-hybridized carbons (Fsp3) is 0.273. The molecule has 1 aliphatic heterocycles. The van der Waals surface area contributed by atoms with E-state index in [-0.39, 0.29) is 6.73 Å². The highest BCUT2D eigenvalue weighted by atomic mass is 32.5. The lowest BCUT2D eigenvalue weighted by molar-refractivity contribution is 0.0491. The number of carbonyl (C=O) groups is 2. The minimum atomic E-state index is -2.89. The molecule has 6 nitrogen and oxygen atoms in total. The van der Waals surface area contributed by atoms with Gasteiger partial charge in [-0.2, -0.15) is 0 Å². The summed E-state index contributed by atoms with van der Waals surface area (Å²) in [6, 6.07) is 6.59. The third kappa shape index (κ3) is 2.61. The molecule has 1 aromatic rings. The molecule has 1 aromatic carbocycles. The molecule has 0 saturated carbocycles. The van der Waals surface area contributed by atoms with Crippen LogP contribution in [-0.4, -0.2) is 37.7 Å². The Kier molecular flexibility index (Phi) is 4.13. The fourth-order valence-corrected chi connectivity index (χ4v) is 2.42. The van der Waals surface area contributed by atoms with Crippen LogP contribution in [0, 0.1) is 0 Å². The first-order valence-corrected chi connectivity index (χ1v) is 7.89. The smallest absolute Gasteiger partial charge is 0.312 e. The van der Waals surface area contributed by atoms with Gasteiger partial charge >= 0.3 is 6.72 Å². The van der Waals surface area contributed by atoms with E-state index in [1.807, 2.05) is 0 Å². The summed E-state index contributed by atoms with van der Waals surface area (Å²) < 4.78 is 15.1. The Morgan fingerprint density at radius 2 is 1.58 bits per heavy atom. The van der Waals surface area contributed by atoms with Gasteiger partial charge < -0.3 is 9.05 Å². The predicted octanol–water partition coefficient (Wildman–Crippen LogP) is 1.77. The molecule has 19 heavy (non-hydrogen) atoms. The largest absolute Gasteiger partial charge is 0.328 e. The molecule has 0 N–H and O–H groups in total. The second-order valence-corrected chi connectivity index (χ2v) is 6.88. The normalized spacial score (nSPS) is 14.9. The lowest BCUT2D eigenvalue weighted by Gasteiger charge is -2.20. The van der Waals surface area contributed by atoms with Gasteiger partial charge in [0.15, 0.2) is 0 Å². The van der Waals surface area contributed by atoms with E-state index in [4.69, 9.17) is 25.4 Å². The minimum Gasteiger partial charge on any atom is -0.312 e. The van der Waals surface area contributed by atoms with Crippen molar-refractivity contribution < 1.29 is 23.2 Å². The van der Waals surface area contributed by atoms with Crippen LogP contribution in [0.5, 0.6) is 0 Å². The average Bonchev–Trinajstić information content (AvgIpc) is 2.69. The molecule has 1 heterocycles. The fourth-order valence-electron chi connectivity index (χ4n) is 1.66. The summed E-state index contributed by atoms with van der Waals surface area (Å²) in [5, 5.41) is 0. The summed E-state index contributed by atoms with van der Waals surface area (Å²) in [5.41, 5.74) is 0.721. The minimum absolute atomic E-state index is 0.286. The van der Waals surface area contributed by atoms with Crippen LogP contribution in [0.25, 0.3) is 0 Å². The highest BCUT2D eigenvalue weighted by Crippen LogP contribution is 2.48. The van der Waals surface area contributed by atoms with Crippen LogP contribution in [0.3, 0.4) is 0 Å². The van der Waals surface area contributed by atoms with Crippen molar-refractivity contribution in [3.05, 3.63) is 35.4 Å². The van der Waals surface area contributed by atoms with Gasteiger partial charge in [-0.05, 0) is 23.9 Å². The molecule has 0 saturated heterocycles. The van der Waals surface area contributed by atoms with Gasteiger partial charge in [0.25, 0.3) is 11.8 Å².